The zero-order valence-corrected chi connectivity index (χ0v) is 36.1. The lowest BCUT2D eigenvalue weighted by atomic mass is 9.87. The van der Waals surface area contributed by atoms with Gasteiger partial charge in [0.15, 0.2) is 0 Å². The number of nitrogens with zero attached hydrogens (tertiary/aromatic N) is 2. The quantitative estimate of drug-likeness (QED) is 0.144. The van der Waals surface area contributed by atoms with Gasteiger partial charge in [0.1, 0.15) is 0 Å². The Morgan fingerprint density at radius 2 is 0.721 bits per heavy atom. The lowest BCUT2D eigenvalue weighted by Crippen LogP contribution is -2.02. The number of para-hydroxylation sites is 2. The molecule has 0 aliphatic rings. The summed E-state index contributed by atoms with van der Waals surface area (Å²) in [6.07, 6.45) is 0. The van der Waals surface area contributed by atoms with Gasteiger partial charge < -0.3 is 9.13 Å². The molecule has 0 atom stereocenters. The Kier molecular flexibility index (Phi) is 6.50. The van der Waals surface area contributed by atoms with Crippen molar-refractivity contribution in [2.24, 2.45) is 0 Å². The second-order valence-electron chi connectivity index (χ2n) is 16.5. The molecule has 2 nitrogen and oxygen atoms in total. The average Bonchev–Trinajstić information content (AvgIpc) is 1.97. The van der Waals surface area contributed by atoms with Crippen LogP contribution in [0.3, 0.4) is 0 Å². The maximum Gasteiger partial charge on any atom is 0.0629 e. The Morgan fingerprint density at radius 3 is 1.29 bits per heavy atom. The molecular weight excluding hydrogens is 821 g/mol. The van der Waals surface area contributed by atoms with E-state index in [4.69, 9.17) is 15.1 Å². The number of benzene rings is 11. The van der Waals surface area contributed by atoms with E-state index in [-0.39, 0.29) is 39.1 Å². The minimum Gasteiger partial charge on any atom is -0.309 e. The fourth-order valence-electron chi connectivity index (χ4n) is 9.89. The van der Waals surface area contributed by atoms with Crippen molar-refractivity contribution < 1.29 is 20.6 Å². The van der Waals surface area contributed by atoms with Crippen LogP contribution in [-0.2, 0) is 0 Å². The van der Waals surface area contributed by atoms with Crippen molar-refractivity contribution in [1.29, 1.82) is 0 Å². The molecule has 0 fully saturated rings. The first-order chi connectivity index (χ1) is 40.0. The van der Waals surface area contributed by atoms with E-state index in [1.54, 1.807) is 10.6 Å². The van der Waals surface area contributed by atoms with E-state index >= 15 is 0 Å². The lowest BCUT2D eigenvalue weighted by molar-refractivity contribution is 1.17. The number of rotatable bonds is 8. The molecule has 0 aliphatic carbocycles. The van der Waals surface area contributed by atoms with Gasteiger partial charge in [0.25, 0.3) is 0 Å². The van der Waals surface area contributed by atoms with Crippen LogP contribution in [0.15, 0.2) is 267 Å². The summed E-state index contributed by atoms with van der Waals surface area (Å²) in [6, 6.07) is 48.0. The first-order valence-corrected chi connectivity index (χ1v) is 22.2. The second kappa shape index (κ2) is 16.5. The van der Waals surface area contributed by atoms with Crippen molar-refractivity contribution in [2.75, 3.05) is 0 Å². The summed E-state index contributed by atoms with van der Waals surface area (Å²) in [7, 11) is 0. The average molecular weight is 880 g/mol. The Morgan fingerprint density at radius 1 is 0.265 bits per heavy atom. The van der Waals surface area contributed by atoms with Gasteiger partial charge in [-0.1, -0.05) is 212 Å². The summed E-state index contributed by atoms with van der Waals surface area (Å²) in [5.41, 5.74) is 8.83. The van der Waals surface area contributed by atoms with Gasteiger partial charge in [-0.25, -0.2) is 0 Å². The maximum atomic E-state index is 9.43. The smallest absolute Gasteiger partial charge is 0.0629 e. The van der Waals surface area contributed by atoms with Gasteiger partial charge in [0.2, 0.25) is 0 Å². The molecule has 13 rings (SSSR count). The Labute approximate surface area is 417 Å². The van der Waals surface area contributed by atoms with E-state index in [0.29, 0.717) is 21.8 Å². The monoisotopic (exact) mass is 879 g/mol. The van der Waals surface area contributed by atoms with Crippen molar-refractivity contribution in [3.8, 4) is 78.1 Å². The summed E-state index contributed by atoms with van der Waals surface area (Å²) >= 11 is 0. The highest BCUT2D eigenvalue weighted by molar-refractivity contribution is 6.14. The fourth-order valence-corrected chi connectivity index (χ4v) is 9.89. The molecule has 68 heavy (non-hydrogen) atoms. The van der Waals surface area contributed by atoms with Crippen LogP contribution in [0, 0.1) is 0 Å². The lowest BCUT2D eigenvalue weighted by Gasteiger charge is -2.21. The number of hydrogen-bond acceptors (Lipinski definition) is 0. The van der Waals surface area contributed by atoms with E-state index < -0.39 is 90.6 Å². The molecule has 0 bridgehead atoms. The third kappa shape index (κ3) is 6.57. The van der Waals surface area contributed by atoms with Crippen LogP contribution in [0.1, 0.15) is 20.6 Å². The highest BCUT2D eigenvalue weighted by Gasteiger charge is 2.23. The van der Waals surface area contributed by atoms with E-state index in [9.17, 15) is 5.48 Å². The Hall–Kier alpha value is -8.98. The molecule has 0 saturated carbocycles. The van der Waals surface area contributed by atoms with Gasteiger partial charge >= 0.3 is 0 Å². The molecule has 318 valence electrons. The molecule has 2 aromatic heterocycles. The minimum atomic E-state index is -0.688. The molecule has 13 aromatic rings. The van der Waals surface area contributed by atoms with Crippen LogP contribution >= 0.6 is 0 Å². The molecule has 2 heteroatoms. The number of fused-ring (bicyclic) bond motifs is 6. The van der Waals surface area contributed by atoms with Gasteiger partial charge in [0, 0.05) is 38.4 Å². The minimum absolute atomic E-state index is 0.0344. The standard InChI is InChI=1S/C66H44N2/c1-6-21-45(22-7-1)51-42-57(48-27-12-4-13-28-48)66(58(43-51)49-29-14-5-15-30-49)68-62-36-19-17-32-56(62)60-44-52(38-40-64(60)68)67-61-35-18-16-31-55(61)59-41-50(37-39-63(59)67)65-53(46-23-8-2-9-24-46)33-20-34-54(65)47-25-10-3-11-26-47/h1-44H/i1D,4D,5D,6D,7D,12D,13D,14D,15D,21D,22D,27D,28D,29D,30D. The van der Waals surface area contributed by atoms with Gasteiger partial charge in [-0.15, -0.1) is 0 Å². The third-order valence-corrected chi connectivity index (χ3v) is 12.8. The first-order valence-electron chi connectivity index (χ1n) is 29.7. The fraction of sp³-hybridized carbons (Fsp3) is 0. The predicted octanol–water partition coefficient (Wildman–Crippen LogP) is 17.9. The zero-order valence-electron chi connectivity index (χ0n) is 51.1. The maximum absolute atomic E-state index is 9.43. The molecular formula is C66H44N2. The molecule has 0 aliphatic heterocycles. The van der Waals surface area contributed by atoms with Crippen molar-refractivity contribution >= 4 is 43.6 Å². The summed E-state index contributed by atoms with van der Waals surface area (Å²) < 4.78 is 138. The largest absolute Gasteiger partial charge is 0.309 e. The molecule has 0 amide bonds. The molecule has 0 spiro atoms. The van der Waals surface area contributed by atoms with E-state index in [0.717, 1.165) is 60.9 Å². The highest BCUT2D eigenvalue weighted by Crippen LogP contribution is 2.46. The van der Waals surface area contributed by atoms with Crippen LogP contribution in [-0.4, -0.2) is 9.13 Å². The van der Waals surface area contributed by atoms with Crippen LogP contribution in [0.2, 0.25) is 0 Å². The molecule has 0 radical (unpaired) electrons. The van der Waals surface area contributed by atoms with Crippen LogP contribution in [0.25, 0.3) is 122 Å². The van der Waals surface area contributed by atoms with Crippen molar-refractivity contribution in [3.63, 3.8) is 0 Å². The van der Waals surface area contributed by atoms with E-state index in [1.165, 1.54) is 12.1 Å². The Balaban J connectivity index is 1.12. The summed E-state index contributed by atoms with van der Waals surface area (Å²) in [6.45, 7) is 0. The second-order valence-corrected chi connectivity index (χ2v) is 16.5. The van der Waals surface area contributed by atoms with Crippen molar-refractivity contribution in [3.05, 3.63) is 267 Å². The third-order valence-electron chi connectivity index (χ3n) is 12.8. The topological polar surface area (TPSA) is 9.86 Å². The van der Waals surface area contributed by atoms with Gasteiger partial charge in [-0.2, -0.15) is 0 Å². The summed E-state index contributed by atoms with van der Waals surface area (Å²) in [5, 5.41) is 3.41. The molecule has 0 N–H and O–H groups in total. The number of hydrogen-bond donors (Lipinski definition) is 0. The summed E-state index contributed by atoms with van der Waals surface area (Å²) in [5.74, 6) is 0. The Bertz CT molecular complexity index is 4680. The van der Waals surface area contributed by atoms with E-state index in [1.807, 2.05) is 84.9 Å². The van der Waals surface area contributed by atoms with Crippen LogP contribution in [0.5, 0.6) is 0 Å². The van der Waals surface area contributed by atoms with Crippen molar-refractivity contribution in [1.82, 2.24) is 9.13 Å². The zero-order chi connectivity index (χ0) is 58.0. The molecule has 0 saturated heterocycles. The SMILES string of the molecule is [2H]c1c([2H])c([2H])c(-c2cc(-c3c([2H])c([2H])c([2H])c([2H])c3[2H])c(-n3c4ccccc4c4cc(-n5c6ccccc6c6cc(-c7c(-c8ccccc8)cccc7-c7ccccc7)ccc65)ccc43)c(-c3c([2H])c([2H])c([2H])c([2H])c3[2H])c2)c([2H])c1[2H]. The van der Waals surface area contributed by atoms with Crippen LogP contribution in [0.4, 0.5) is 0 Å². The van der Waals surface area contributed by atoms with Gasteiger partial charge in [0.05, 0.1) is 48.3 Å². The highest BCUT2D eigenvalue weighted by atomic mass is 15.0. The molecule has 11 aromatic carbocycles. The van der Waals surface area contributed by atoms with Crippen molar-refractivity contribution in [2.45, 2.75) is 0 Å². The summed E-state index contributed by atoms with van der Waals surface area (Å²) in [4.78, 5) is 0. The van der Waals surface area contributed by atoms with Crippen LogP contribution < -0.4 is 0 Å². The number of aromatic nitrogens is 2. The van der Waals surface area contributed by atoms with Gasteiger partial charge in [-0.3, -0.25) is 0 Å². The predicted molar refractivity (Wildman–Crippen MR) is 288 cm³/mol. The first kappa shape index (κ1) is 26.9. The normalized spacial score (nSPS) is 14.6. The molecule has 0 unspecified atom stereocenters. The van der Waals surface area contributed by atoms with E-state index in [2.05, 4.69) is 77.4 Å². The molecule has 2 heterocycles. The van der Waals surface area contributed by atoms with Gasteiger partial charge in [-0.05, 0) is 110 Å².